The third kappa shape index (κ3) is 3.09. The molecular weight excluding hydrogens is 300 g/mol. The topological polar surface area (TPSA) is 57.6 Å². The molecule has 0 amide bonds. The molecule has 1 fully saturated rings. The number of aliphatic hydroxyl groups excluding tert-OH is 1. The van der Waals surface area contributed by atoms with Crippen LogP contribution in [0, 0.1) is 17.0 Å². The van der Waals surface area contributed by atoms with Crippen LogP contribution in [0.4, 0.5) is 8.78 Å². The van der Waals surface area contributed by atoms with Crippen molar-refractivity contribution in [2.75, 3.05) is 19.7 Å². The van der Waals surface area contributed by atoms with Gasteiger partial charge in [0, 0.05) is 19.7 Å². The number of benzene rings is 1. The largest absolute Gasteiger partial charge is 0.396 e. The van der Waals surface area contributed by atoms with Crippen LogP contribution in [0.25, 0.3) is 0 Å². The molecule has 0 aromatic heterocycles. The monoisotopic (exact) mass is 319 g/mol. The summed E-state index contributed by atoms with van der Waals surface area (Å²) in [7, 11) is -4.05. The molecule has 1 aromatic rings. The quantitative estimate of drug-likeness (QED) is 0.925. The first kappa shape index (κ1) is 16.3. The van der Waals surface area contributed by atoms with Gasteiger partial charge in [-0.3, -0.25) is 0 Å². The van der Waals surface area contributed by atoms with E-state index >= 15 is 0 Å². The summed E-state index contributed by atoms with van der Waals surface area (Å²) in [6.07, 6.45) is 1.78. The molecule has 118 valence electrons. The molecule has 21 heavy (non-hydrogen) atoms. The molecule has 1 aromatic carbocycles. The van der Waals surface area contributed by atoms with Gasteiger partial charge in [-0.15, -0.1) is 0 Å². The highest BCUT2D eigenvalue weighted by atomic mass is 32.2. The second kappa shape index (κ2) is 5.98. The number of hydrogen-bond acceptors (Lipinski definition) is 3. The lowest BCUT2D eigenvalue weighted by molar-refractivity contribution is 0.0647. The maximum absolute atomic E-state index is 13.7. The molecule has 1 N–H and O–H groups in total. The summed E-state index contributed by atoms with van der Waals surface area (Å²) in [5.74, 6) is -1.74. The van der Waals surface area contributed by atoms with Crippen LogP contribution in [-0.2, 0) is 10.0 Å². The number of hydrogen-bond donors (Lipinski definition) is 1. The van der Waals surface area contributed by atoms with Gasteiger partial charge in [0.25, 0.3) is 0 Å². The van der Waals surface area contributed by atoms with Crippen LogP contribution in [0.2, 0.25) is 0 Å². The zero-order valence-electron chi connectivity index (χ0n) is 11.8. The molecule has 0 saturated carbocycles. The first-order valence-electron chi connectivity index (χ1n) is 6.91. The van der Waals surface area contributed by atoms with E-state index in [1.165, 1.54) is 0 Å². The standard InChI is InChI=1S/C14H19F2NO3S/c1-2-14(10-18)5-7-17(8-6-14)21(19,20)13-9-11(15)3-4-12(13)16/h3-4,9,18H,2,5-8,10H2,1H3. The van der Waals surface area contributed by atoms with Gasteiger partial charge in [0.1, 0.15) is 16.5 Å². The van der Waals surface area contributed by atoms with E-state index in [0.29, 0.717) is 18.9 Å². The van der Waals surface area contributed by atoms with E-state index in [4.69, 9.17) is 0 Å². The van der Waals surface area contributed by atoms with Crippen molar-refractivity contribution in [3.63, 3.8) is 0 Å². The van der Waals surface area contributed by atoms with Crippen LogP contribution in [0.3, 0.4) is 0 Å². The fourth-order valence-electron chi connectivity index (χ4n) is 2.64. The number of rotatable bonds is 4. The average Bonchev–Trinajstić information content (AvgIpc) is 2.49. The predicted molar refractivity (Wildman–Crippen MR) is 74.2 cm³/mol. The van der Waals surface area contributed by atoms with Crippen LogP contribution in [-0.4, -0.2) is 37.5 Å². The first-order chi connectivity index (χ1) is 9.84. The van der Waals surface area contributed by atoms with Crippen LogP contribution in [0.1, 0.15) is 26.2 Å². The molecule has 0 aliphatic carbocycles. The fourth-order valence-corrected chi connectivity index (χ4v) is 4.16. The van der Waals surface area contributed by atoms with E-state index in [1.54, 1.807) is 0 Å². The smallest absolute Gasteiger partial charge is 0.246 e. The molecule has 0 unspecified atom stereocenters. The Kier molecular flexibility index (Phi) is 4.65. The summed E-state index contributed by atoms with van der Waals surface area (Å²) in [4.78, 5) is -0.629. The Morgan fingerprint density at radius 2 is 1.90 bits per heavy atom. The molecule has 4 nitrogen and oxygen atoms in total. The Labute approximate surface area is 123 Å². The van der Waals surface area contributed by atoms with E-state index in [0.717, 1.165) is 22.9 Å². The summed E-state index contributed by atoms with van der Waals surface area (Å²) < 4.78 is 52.9. The van der Waals surface area contributed by atoms with Gasteiger partial charge in [0.15, 0.2) is 0 Å². The Hall–Kier alpha value is -1.05. The normalized spacial score (nSPS) is 19.6. The molecule has 2 rings (SSSR count). The molecule has 0 spiro atoms. The summed E-state index contributed by atoms with van der Waals surface area (Å²) >= 11 is 0. The zero-order chi connectivity index (χ0) is 15.7. The second-order valence-corrected chi connectivity index (χ2v) is 7.40. The van der Waals surface area contributed by atoms with Gasteiger partial charge >= 0.3 is 0 Å². The van der Waals surface area contributed by atoms with Crippen molar-refractivity contribution in [3.8, 4) is 0 Å². The maximum atomic E-state index is 13.7. The highest BCUT2D eigenvalue weighted by molar-refractivity contribution is 7.89. The number of nitrogens with zero attached hydrogens (tertiary/aromatic N) is 1. The Balaban J connectivity index is 2.24. The van der Waals surface area contributed by atoms with Crippen LogP contribution < -0.4 is 0 Å². The van der Waals surface area contributed by atoms with Gasteiger partial charge in [-0.1, -0.05) is 6.92 Å². The third-order valence-corrected chi connectivity index (χ3v) is 6.29. The van der Waals surface area contributed by atoms with Crippen LogP contribution in [0.15, 0.2) is 23.1 Å². The molecule has 0 bridgehead atoms. The van der Waals surface area contributed by atoms with Gasteiger partial charge in [0.05, 0.1) is 0 Å². The van der Waals surface area contributed by atoms with Gasteiger partial charge < -0.3 is 5.11 Å². The Morgan fingerprint density at radius 3 is 2.43 bits per heavy atom. The highest BCUT2D eigenvalue weighted by Crippen LogP contribution is 2.36. The van der Waals surface area contributed by atoms with E-state index in [-0.39, 0.29) is 25.1 Å². The zero-order valence-corrected chi connectivity index (χ0v) is 12.7. The highest BCUT2D eigenvalue weighted by Gasteiger charge is 2.37. The molecular formula is C14H19F2NO3S. The van der Waals surface area contributed by atoms with Gasteiger partial charge in [-0.05, 0) is 42.9 Å². The number of sulfonamides is 1. The summed E-state index contributed by atoms with van der Waals surface area (Å²) in [6, 6.07) is 2.41. The number of piperidine rings is 1. The van der Waals surface area contributed by atoms with Crippen molar-refractivity contribution in [2.45, 2.75) is 31.1 Å². The minimum absolute atomic E-state index is 0.00567. The van der Waals surface area contributed by atoms with Crippen molar-refractivity contribution in [1.82, 2.24) is 4.31 Å². The second-order valence-electron chi connectivity index (χ2n) is 5.49. The summed E-state index contributed by atoms with van der Waals surface area (Å²) in [6.45, 7) is 2.36. The van der Waals surface area contributed by atoms with Crippen molar-refractivity contribution in [2.24, 2.45) is 5.41 Å². The van der Waals surface area contributed by atoms with Crippen molar-refractivity contribution < 1.29 is 22.3 Å². The molecule has 0 radical (unpaired) electrons. The molecule has 0 atom stereocenters. The molecule has 7 heteroatoms. The van der Waals surface area contributed by atoms with Gasteiger partial charge in [0.2, 0.25) is 10.0 Å². The SMILES string of the molecule is CCC1(CO)CCN(S(=O)(=O)c2cc(F)ccc2F)CC1. The van der Waals surface area contributed by atoms with Gasteiger partial charge in [-0.25, -0.2) is 17.2 Å². The average molecular weight is 319 g/mol. The minimum Gasteiger partial charge on any atom is -0.396 e. The minimum atomic E-state index is -4.05. The van der Waals surface area contributed by atoms with E-state index in [2.05, 4.69) is 0 Å². The van der Waals surface area contributed by atoms with E-state index < -0.39 is 26.6 Å². The lowest BCUT2D eigenvalue weighted by Crippen LogP contribution is -2.44. The predicted octanol–water partition coefficient (Wildman–Crippen LogP) is 2.14. The first-order valence-corrected chi connectivity index (χ1v) is 8.35. The number of halogens is 2. The number of aliphatic hydroxyl groups is 1. The third-order valence-electron chi connectivity index (χ3n) is 4.38. The van der Waals surface area contributed by atoms with E-state index in [1.807, 2.05) is 6.92 Å². The van der Waals surface area contributed by atoms with Crippen molar-refractivity contribution in [1.29, 1.82) is 0 Å². The van der Waals surface area contributed by atoms with Crippen LogP contribution >= 0.6 is 0 Å². The summed E-state index contributed by atoms with van der Waals surface area (Å²) in [5, 5.41) is 9.45. The van der Waals surface area contributed by atoms with Crippen molar-refractivity contribution >= 4 is 10.0 Å². The lowest BCUT2D eigenvalue weighted by Gasteiger charge is -2.39. The van der Waals surface area contributed by atoms with Gasteiger partial charge in [-0.2, -0.15) is 4.31 Å². The molecule has 1 heterocycles. The van der Waals surface area contributed by atoms with Crippen molar-refractivity contribution in [3.05, 3.63) is 29.8 Å². The Morgan fingerprint density at radius 1 is 1.29 bits per heavy atom. The maximum Gasteiger partial charge on any atom is 0.246 e. The molecule has 1 aliphatic rings. The van der Waals surface area contributed by atoms with E-state index in [9.17, 15) is 22.3 Å². The summed E-state index contributed by atoms with van der Waals surface area (Å²) in [5.41, 5.74) is -0.271. The Bertz CT molecular complexity index is 605. The molecule has 1 aliphatic heterocycles. The fraction of sp³-hybridized carbons (Fsp3) is 0.571. The molecule has 1 saturated heterocycles. The lowest BCUT2D eigenvalue weighted by atomic mass is 9.77. The van der Waals surface area contributed by atoms with Crippen LogP contribution in [0.5, 0.6) is 0 Å².